The number of carbonyl (C=O) groups excluding carboxylic acids is 2. The quantitative estimate of drug-likeness (QED) is 0.368. The molecule has 0 amide bonds. The predicted molar refractivity (Wildman–Crippen MR) is 99.5 cm³/mol. The van der Waals surface area contributed by atoms with E-state index in [9.17, 15) is 29.9 Å². The number of nitrogens with one attached hydrogen (secondary N) is 1. The van der Waals surface area contributed by atoms with Crippen molar-refractivity contribution in [2.45, 2.75) is 0 Å². The number of fused-ring (bicyclic) bond motifs is 2. The molecule has 3 aromatic carbocycles. The van der Waals surface area contributed by atoms with Crippen LogP contribution in [0.15, 0.2) is 54.6 Å². The lowest BCUT2D eigenvalue weighted by Gasteiger charge is -2.20. The van der Waals surface area contributed by atoms with Crippen LogP contribution in [0.2, 0.25) is 0 Å². The molecule has 0 unspecified atom stereocenters. The van der Waals surface area contributed by atoms with Crippen molar-refractivity contribution in [2.24, 2.45) is 0 Å². The van der Waals surface area contributed by atoms with Crippen molar-refractivity contribution in [1.82, 2.24) is 0 Å². The number of ketones is 2. The summed E-state index contributed by atoms with van der Waals surface area (Å²) in [5.41, 5.74) is -0.762. The standard InChI is InChI=1S/C20H12N2O6/c23-12-8-14-17(15(9-12)22(27)28)19(25)13-6-11(7-16(24)18(13)20(14)26)21-10-4-2-1-3-5-10/h1-9,21,23-24H. The Kier molecular flexibility index (Phi) is 3.82. The van der Waals surface area contributed by atoms with Gasteiger partial charge in [0.1, 0.15) is 17.1 Å². The first-order valence-corrected chi connectivity index (χ1v) is 8.16. The highest BCUT2D eigenvalue weighted by atomic mass is 16.6. The molecule has 0 bridgehead atoms. The Morgan fingerprint density at radius 2 is 1.46 bits per heavy atom. The number of nitrogens with zero attached hydrogens (tertiary/aromatic N) is 1. The van der Waals surface area contributed by atoms with E-state index in [1.807, 2.05) is 6.07 Å². The lowest BCUT2D eigenvalue weighted by Crippen LogP contribution is -2.22. The maximum absolute atomic E-state index is 13.0. The molecular formula is C20H12N2O6. The number of aromatic hydroxyl groups is 2. The normalized spacial score (nSPS) is 12.3. The third-order valence-electron chi connectivity index (χ3n) is 4.42. The number of anilines is 2. The Labute approximate surface area is 157 Å². The number of para-hydroxylation sites is 1. The van der Waals surface area contributed by atoms with Crippen LogP contribution < -0.4 is 5.32 Å². The SMILES string of the molecule is O=C1c2cc(O)cc([N+](=O)[O-])c2C(=O)c2cc(Nc3ccccc3)cc(O)c21. The molecule has 0 saturated heterocycles. The van der Waals surface area contributed by atoms with Gasteiger partial charge in [0.2, 0.25) is 5.78 Å². The van der Waals surface area contributed by atoms with Gasteiger partial charge in [-0.05, 0) is 24.3 Å². The number of nitro benzene ring substituents is 1. The number of benzene rings is 3. The summed E-state index contributed by atoms with van der Waals surface area (Å²) in [5, 5.41) is 34.4. The first-order valence-electron chi connectivity index (χ1n) is 8.16. The predicted octanol–water partition coefficient (Wildman–Crippen LogP) is 3.53. The molecule has 8 nitrogen and oxygen atoms in total. The van der Waals surface area contributed by atoms with Crippen LogP contribution in [0.3, 0.4) is 0 Å². The van der Waals surface area contributed by atoms with Crippen molar-refractivity contribution in [1.29, 1.82) is 0 Å². The highest BCUT2D eigenvalue weighted by molar-refractivity contribution is 6.31. The number of nitro groups is 1. The van der Waals surface area contributed by atoms with E-state index in [0.717, 1.165) is 12.1 Å². The molecule has 1 aliphatic carbocycles. The Hall–Kier alpha value is -4.20. The van der Waals surface area contributed by atoms with Crippen LogP contribution in [0.4, 0.5) is 17.1 Å². The van der Waals surface area contributed by atoms with Crippen molar-refractivity contribution in [3.63, 3.8) is 0 Å². The van der Waals surface area contributed by atoms with Crippen LogP contribution in [0, 0.1) is 10.1 Å². The van der Waals surface area contributed by atoms with Crippen molar-refractivity contribution < 1.29 is 24.7 Å². The van der Waals surface area contributed by atoms with Gasteiger partial charge in [0.25, 0.3) is 5.69 Å². The minimum absolute atomic E-state index is 0.148. The van der Waals surface area contributed by atoms with Crippen molar-refractivity contribution in [2.75, 3.05) is 5.32 Å². The number of phenols is 2. The highest BCUT2D eigenvalue weighted by Crippen LogP contribution is 2.40. The van der Waals surface area contributed by atoms with Crippen LogP contribution in [0.25, 0.3) is 0 Å². The van der Waals surface area contributed by atoms with Crippen molar-refractivity contribution in [3.05, 3.63) is 87.0 Å². The molecule has 0 aliphatic heterocycles. The zero-order chi connectivity index (χ0) is 20.0. The van der Waals surface area contributed by atoms with E-state index in [1.54, 1.807) is 24.3 Å². The fraction of sp³-hybridized carbons (Fsp3) is 0. The van der Waals surface area contributed by atoms with E-state index in [-0.39, 0.29) is 16.7 Å². The van der Waals surface area contributed by atoms with E-state index >= 15 is 0 Å². The molecule has 0 aromatic heterocycles. The molecule has 138 valence electrons. The number of rotatable bonds is 3. The summed E-state index contributed by atoms with van der Waals surface area (Å²) in [6, 6.07) is 13.4. The zero-order valence-electron chi connectivity index (χ0n) is 14.2. The molecule has 3 aromatic rings. The molecule has 1 aliphatic rings. The number of hydrogen-bond donors (Lipinski definition) is 3. The van der Waals surface area contributed by atoms with Gasteiger partial charge in [-0.25, -0.2) is 0 Å². The third kappa shape index (κ3) is 2.64. The Morgan fingerprint density at radius 3 is 2.14 bits per heavy atom. The minimum atomic E-state index is -0.833. The van der Waals surface area contributed by atoms with E-state index in [0.29, 0.717) is 11.4 Å². The average Bonchev–Trinajstić information content (AvgIpc) is 2.65. The van der Waals surface area contributed by atoms with Gasteiger partial charge in [-0.3, -0.25) is 19.7 Å². The van der Waals surface area contributed by atoms with Gasteiger partial charge in [-0.15, -0.1) is 0 Å². The Bertz CT molecular complexity index is 1170. The number of hydrogen-bond acceptors (Lipinski definition) is 7. The van der Waals surface area contributed by atoms with Crippen LogP contribution in [-0.2, 0) is 0 Å². The molecular weight excluding hydrogens is 364 g/mol. The highest BCUT2D eigenvalue weighted by Gasteiger charge is 2.38. The van der Waals surface area contributed by atoms with Gasteiger partial charge >= 0.3 is 0 Å². The molecule has 0 heterocycles. The van der Waals surface area contributed by atoms with Gasteiger partial charge in [0.15, 0.2) is 5.78 Å². The summed E-state index contributed by atoms with van der Waals surface area (Å²) in [6.45, 7) is 0. The molecule has 0 saturated carbocycles. The molecule has 28 heavy (non-hydrogen) atoms. The second-order valence-electron chi connectivity index (χ2n) is 6.21. The number of phenolic OH excluding ortho intramolecular Hbond substituents is 2. The molecule has 0 radical (unpaired) electrons. The van der Waals surface area contributed by atoms with E-state index in [4.69, 9.17) is 0 Å². The van der Waals surface area contributed by atoms with Crippen molar-refractivity contribution in [3.8, 4) is 11.5 Å². The molecule has 4 rings (SSSR count). The zero-order valence-corrected chi connectivity index (χ0v) is 14.2. The largest absolute Gasteiger partial charge is 0.508 e. The first kappa shape index (κ1) is 17.2. The second-order valence-corrected chi connectivity index (χ2v) is 6.21. The van der Waals surface area contributed by atoms with Gasteiger partial charge < -0.3 is 15.5 Å². The molecule has 0 fully saturated rings. The summed E-state index contributed by atoms with van der Waals surface area (Å²) >= 11 is 0. The van der Waals surface area contributed by atoms with Gasteiger partial charge in [-0.2, -0.15) is 0 Å². The number of carbonyl (C=O) groups is 2. The summed E-state index contributed by atoms with van der Waals surface area (Å²) in [5.74, 6) is -2.50. The molecule has 0 spiro atoms. The van der Waals surface area contributed by atoms with E-state index < -0.39 is 39.2 Å². The molecule has 8 heteroatoms. The second kappa shape index (κ2) is 6.20. The monoisotopic (exact) mass is 376 g/mol. The minimum Gasteiger partial charge on any atom is -0.508 e. The van der Waals surface area contributed by atoms with Crippen LogP contribution in [0.1, 0.15) is 31.8 Å². The lowest BCUT2D eigenvalue weighted by molar-refractivity contribution is -0.385. The summed E-state index contributed by atoms with van der Waals surface area (Å²) in [7, 11) is 0. The summed E-state index contributed by atoms with van der Waals surface area (Å²) in [4.78, 5) is 36.3. The van der Waals surface area contributed by atoms with Crippen molar-refractivity contribution >= 4 is 28.6 Å². The van der Waals surface area contributed by atoms with E-state index in [2.05, 4.69) is 5.32 Å². The van der Waals surface area contributed by atoms with Gasteiger partial charge in [0, 0.05) is 28.6 Å². The Balaban J connectivity index is 1.89. The fourth-order valence-electron chi connectivity index (χ4n) is 3.25. The van der Waals surface area contributed by atoms with Crippen LogP contribution in [0.5, 0.6) is 11.5 Å². The summed E-state index contributed by atoms with van der Waals surface area (Å²) in [6.07, 6.45) is 0. The Morgan fingerprint density at radius 1 is 0.821 bits per heavy atom. The van der Waals surface area contributed by atoms with Gasteiger partial charge in [0.05, 0.1) is 16.6 Å². The maximum Gasteiger partial charge on any atom is 0.285 e. The fourth-order valence-corrected chi connectivity index (χ4v) is 3.25. The smallest absolute Gasteiger partial charge is 0.285 e. The lowest BCUT2D eigenvalue weighted by atomic mass is 9.82. The van der Waals surface area contributed by atoms with Crippen LogP contribution in [-0.4, -0.2) is 26.7 Å². The third-order valence-corrected chi connectivity index (χ3v) is 4.42. The van der Waals surface area contributed by atoms with Gasteiger partial charge in [-0.1, -0.05) is 18.2 Å². The topological polar surface area (TPSA) is 130 Å². The average molecular weight is 376 g/mol. The summed E-state index contributed by atoms with van der Waals surface area (Å²) < 4.78 is 0. The van der Waals surface area contributed by atoms with E-state index in [1.165, 1.54) is 12.1 Å². The molecule has 3 N–H and O–H groups in total. The first-order chi connectivity index (χ1) is 13.4. The maximum atomic E-state index is 13.0. The van der Waals surface area contributed by atoms with Crippen LogP contribution >= 0.6 is 0 Å². The molecule has 0 atom stereocenters.